The van der Waals surface area contributed by atoms with E-state index >= 15 is 0 Å². The zero-order chi connectivity index (χ0) is 10.2. The van der Waals surface area contributed by atoms with Crippen LogP contribution in [-0.2, 0) is 0 Å². The lowest BCUT2D eigenvalue weighted by atomic mass is 9.95. The summed E-state index contributed by atoms with van der Waals surface area (Å²) in [5.74, 6) is 0. The summed E-state index contributed by atoms with van der Waals surface area (Å²) >= 11 is 5.80. The summed E-state index contributed by atoms with van der Waals surface area (Å²) in [5, 5.41) is 29.4. The largest absolute Gasteiger partial charge is 0.448 e. The molecule has 1 rings (SSSR count). The minimum absolute atomic E-state index is 0.539. The molecule has 13 heavy (non-hydrogen) atoms. The van der Waals surface area contributed by atoms with Gasteiger partial charge in [0.1, 0.15) is 17.1 Å². The highest BCUT2D eigenvalue weighted by molar-refractivity contribution is 6.23. The molecule has 0 unspecified atom stereocenters. The molecule has 5 N–H and O–H groups in total. The van der Waals surface area contributed by atoms with Gasteiger partial charge in [-0.05, 0) is 6.92 Å². The summed E-state index contributed by atoms with van der Waals surface area (Å²) in [7, 11) is 3.50. The molecule has 1 aliphatic carbocycles. The molecule has 0 bridgehead atoms. The van der Waals surface area contributed by atoms with Gasteiger partial charge in [-0.3, -0.25) is 0 Å². The average Bonchev–Trinajstić information content (AvgIpc) is 2.31. The van der Waals surface area contributed by atoms with Crippen molar-refractivity contribution in [1.29, 1.82) is 0 Å². The smallest absolute Gasteiger partial charge is 0.141 e. The van der Waals surface area contributed by atoms with Gasteiger partial charge in [-0.1, -0.05) is 0 Å². The molecule has 0 radical (unpaired) electrons. The lowest BCUT2D eigenvalue weighted by Crippen LogP contribution is -2.76. The van der Waals surface area contributed by atoms with Crippen LogP contribution in [0, 0.1) is 7.05 Å². The third-order valence-electron chi connectivity index (χ3n) is 2.37. The van der Waals surface area contributed by atoms with E-state index in [0.717, 1.165) is 0 Å². The Morgan fingerprint density at radius 2 is 2.31 bits per heavy atom. The lowest BCUT2D eigenvalue weighted by molar-refractivity contribution is -0.544. The number of alkyl halides is 1. The van der Waals surface area contributed by atoms with Crippen molar-refractivity contribution < 1.29 is 20.6 Å². The number of hydrogen-bond donors (Lipinski definition) is 4. The molecule has 0 aromatic rings. The molecule has 0 amide bonds. The molecule has 0 fully saturated rings. The number of aliphatic hydroxyl groups excluding tert-OH is 2. The maximum atomic E-state index is 9.80. The van der Waals surface area contributed by atoms with E-state index in [1.165, 1.54) is 18.3 Å². The number of rotatable bonds is 2. The molecule has 0 saturated heterocycles. The summed E-state index contributed by atoms with van der Waals surface area (Å²) in [6.07, 6.45) is -0.907. The van der Waals surface area contributed by atoms with Gasteiger partial charge in [-0.15, -0.1) is 18.6 Å². The van der Waals surface area contributed by atoms with E-state index in [0.29, 0.717) is 5.70 Å². The number of hydrogen-bond acceptors (Lipinski definition) is 3. The second kappa shape index (κ2) is 3.55. The molecule has 1 aliphatic rings. The fourth-order valence-corrected chi connectivity index (χ4v) is 1.74. The Balaban J connectivity index is 2.96. The summed E-state index contributed by atoms with van der Waals surface area (Å²) in [4.78, 5) is 0. The molecule has 0 spiro atoms. The molecule has 0 heterocycles. The fourth-order valence-electron chi connectivity index (χ4n) is 1.39. The van der Waals surface area contributed by atoms with E-state index in [9.17, 15) is 15.3 Å². The van der Waals surface area contributed by atoms with Gasteiger partial charge in [0.2, 0.25) is 0 Å². The van der Waals surface area contributed by atoms with Crippen LogP contribution in [0.1, 0.15) is 6.92 Å². The first-order chi connectivity index (χ1) is 5.93. The monoisotopic (exact) mass is 207 g/mol. The molecule has 0 saturated carbocycles. The van der Waals surface area contributed by atoms with Gasteiger partial charge in [0, 0.05) is 6.08 Å². The zero-order valence-corrected chi connectivity index (χ0v) is 8.07. The Kier molecular flexibility index (Phi) is 2.99. The second-order valence-corrected chi connectivity index (χ2v) is 3.73. The summed E-state index contributed by atoms with van der Waals surface area (Å²) in [6, 6.07) is 0. The van der Waals surface area contributed by atoms with Crippen LogP contribution in [0.2, 0.25) is 0 Å². The highest BCUT2D eigenvalue weighted by Gasteiger charge is 2.50. The number of nitrogens with two attached hydrogens (primary N) is 1. The first kappa shape index (κ1) is 10.9. The quantitative estimate of drug-likeness (QED) is 0.323. The van der Waals surface area contributed by atoms with Crippen molar-refractivity contribution >= 4 is 11.6 Å². The Hall–Kier alpha value is -0.130. The molecule has 5 heteroatoms. The average molecular weight is 208 g/mol. The van der Waals surface area contributed by atoms with E-state index in [1.54, 1.807) is 0 Å². The van der Waals surface area contributed by atoms with Crippen LogP contribution in [0.25, 0.3) is 0 Å². The third kappa shape index (κ3) is 1.60. The molecule has 4 atom stereocenters. The standard InChI is InChI=1S/C8H14ClNO3/c1-4(11)8(13)3-5(10-2)6(9)7(8)12/h3-4,6-7,11-13H,2,10H2,1H3/t4-,6-,7+,8+/m0/s1. The van der Waals surface area contributed by atoms with Crippen LogP contribution < -0.4 is 5.32 Å². The van der Waals surface area contributed by atoms with Crippen LogP contribution in [0.3, 0.4) is 0 Å². The van der Waals surface area contributed by atoms with Crippen LogP contribution in [0.15, 0.2) is 11.8 Å². The fraction of sp³-hybridized carbons (Fsp3) is 0.625. The maximum absolute atomic E-state index is 9.80. The van der Waals surface area contributed by atoms with Crippen LogP contribution >= 0.6 is 11.6 Å². The first-order valence-electron chi connectivity index (χ1n) is 4.01. The molecular weight excluding hydrogens is 194 g/mol. The van der Waals surface area contributed by atoms with Gasteiger partial charge in [-0.2, -0.15) is 0 Å². The molecule has 0 aliphatic heterocycles. The zero-order valence-electron chi connectivity index (χ0n) is 7.31. The second-order valence-electron chi connectivity index (χ2n) is 3.26. The molecule has 0 aromatic carbocycles. The van der Waals surface area contributed by atoms with Gasteiger partial charge >= 0.3 is 0 Å². The van der Waals surface area contributed by atoms with E-state index in [-0.39, 0.29) is 0 Å². The Morgan fingerprint density at radius 3 is 2.54 bits per heavy atom. The van der Waals surface area contributed by atoms with Crippen molar-refractivity contribution in [3.63, 3.8) is 0 Å². The van der Waals surface area contributed by atoms with Crippen molar-refractivity contribution in [1.82, 2.24) is 0 Å². The van der Waals surface area contributed by atoms with Crippen LogP contribution in [-0.4, -0.2) is 38.5 Å². The van der Waals surface area contributed by atoms with Crippen molar-refractivity contribution in [3.05, 3.63) is 18.8 Å². The van der Waals surface area contributed by atoms with Gasteiger partial charge in [0.05, 0.1) is 11.8 Å². The number of aliphatic hydroxyl groups is 3. The van der Waals surface area contributed by atoms with E-state index in [4.69, 9.17) is 11.6 Å². The minimum atomic E-state index is -1.66. The van der Waals surface area contributed by atoms with Gasteiger partial charge in [-0.25, -0.2) is 0 Å². The Morgan fingerprint density at radius 1 is 1.77 bits per heavy atom. The highest BCUT2D eigenvalue weighted by Crippen LogP contribution is 2.32. The van der Waals surface area contributed by atoms with Crippen molar-refractivity contribution in [2.45, 2.75) is 30.1 Å². The predicted molar refractivity (Wildman–Crippen MR) is 47.6 cm³/mol. The SMILES string of the molecule is [CH2-][NH2+]C1=C[C@@](O)([C@H](C)O)[C@H](O)[C@H]1Cl. The summed E-state index contributed by atoms with van der Waals surface area (Å²) in [6.45, 7) is 1.40. The molecule has 76 valence electrons. The highest BCUT2D eigenvalue weighted by atomic mass is 35.5. The summed E-state index contributed by atoms with van der Waals surface area (Å²) < 4.78 is 0. The van der Waals surface area contributed by atoms with Crippen molar-refractivity contribution in [2.75, 3.05) is 0 Å². The molecule has 0 aromatic heterocycles. The predicted octanol–water partition coefficient (Wildman–Crippen LogP) is -1.68. The van der Waals surface area contributed by atoms with E-state index in [1.807, 2.05) is 0 Å². The van der Waals surface area contributed by atoms with Gasteiger partial charge in [0.15, 0.2) is 0 Å². The Bertz CT molecular complexity index is 231. The van der Waals surface area contributed by atoms with E-state index in [2.05, 4.69) is 7.05 Å². The Labute approximate surface area is 81.8 Å². The van der Waals surface area contributed by atoms with Crippen molar-refractivity contribution in [2.24, 2.45) is 0 Å². The molecule has 4 nitrogen and oxygen atoms in total. The maximum Gasteiger partial charge on any atom is 0.141 e. The first-order valence-corrected chi connectivity index (χ1v) is 4.45. The number of quaternary nitrogens is 1. The topological polar surface area (TPSA) is 77.3 Å². The third-order valence-corrected chi connectivity index (χ3v) is 2.86. The normalized spacial score (nSPS) is 41.8. The van der Waals surface area contributed by atoms with Crippen LogP contribution in [0.4, 0.5) is 0 Å². The summed E-state index contributed by atoms with van der Waals surface area (Å²) in [5.41, 5.74) is -1.12. The lowest BCUT2D eigenvalue weighted by Gasteiger charge is -2.28. The van der Waals surface area contributed by atoms with Crippen molar-refractivity contribution in [3.8, 4) is 0 Å². The van der Waals surface area contributed by atoms with Gasteiger partial charge in [0.25, 0.3) is 0 Å². The van der Waals surface area contributed by atoms with E-state index < -0.39 is 23.2 Å². The van der Waals surface area contributed by atoms with Crippen LogP contribution in [0.5, 0.6) is 0 Å². The minimum Gasteiger partial charge on any atom is -0.448 e. The number of halogens is 1. The molecular formula is C8H14ClNO3. The van der Waals surface area contributed by atoms with Gasteiger partial charge < -0.3 is 20.6 Å².